The first-order valence-electron chi connectivity index (χ1n) is 11.7. The SMILES string of the molecule is Cc1ccc(N2C(=O)[C@H]3[C@H](c4cccs4)c4sc(=O)n(CC(=O)Nc5ccccc5)c4S[C@H]3C2=O)cc1. The van der Waals surface area contributed by atoms with Gasteiger partial charge in [-0.15, -0.1) is 11.3 Å². The number of hydrogen-bond donors (Lipinski definition) is 1. The summed E-state index contributed by atoms with van der Waals surface area (Å²) in [5.41, 5.74) is 2.22. The molecule has 10 heteroatoms. The van der Waals surface area contributed by atoms with Gasteiger partial charge in [-0.2, -0.15) is 0 Å². The van der Waals surface area contributed by atoms with E-state index in [1.54, 1.807) is 24.3 Å². The molecule has 2 aromatic carbocycles. The molecule has 0 radical (unpaired) electrons. The number of para-hydroxylation sites is 1. The molecule has 0 unspecified atom stereocenters. The molecule has 2 aromatic heterocycles. The molecule has 3 amide bonds. The summed E-state index contributed by atoms with van der Waals surface area (Å²) in [6.45, 7) is 1.77. The van der Waals surface area contributed by atoms with Crippen LogP contribution in [0.25, 0.3) is 0 Å². The van der Waals surface area contributed by atoms with Gasteiger partial charge in [0.25, 0.3) is 0 Å². The number of fused-ring (bicyclic) bond motifs is 2. The lowest BCUT2D eigenvalue weighted by Crippen LogP contribution is -2.32. The summed E-state index contributed by atoms with van der Waals surface area (Å²) >= 11 is 3.78. The number of amides is 3. The monoisotopic (exact) mass is 547 g/mol. The van der Waals surface area contributed by atoms with E-state index in [2.05, 4.69) is 5.32 Å². The largest absolute Gasteiger partial charge is 0.325 e. The van der Waals surface area contributed by atoms with Gasteiger partial charge in [0.2, 0.25) is 17.7 Å². The number of hydrogen-bond acceptors (Lipinski definition) is 7. The second-order valence-corrected chi connectivity index (χ2v) is 12.0. The van der Waals surface area contributed by atoms with Crippen LogP contribution < -0.4 is 15.1 Å². The van der Waals surface area contributed by atoms with Crippen molar-refractivity contribution in [2.75, 3.05) is 10.2 Å². The third-order valence-corrected chi connectivity index (χ3v) is 10.1. The molecule has 186 valence electrons. The van der Waals surface area contributed by atoms with Crippen molar-refractivity contribution in [1.29, 1.82) is 0 Å². The van der Waals surface area contributed by atoms with Crippen LogP contribution in [0.4, 0.5) is 11.4 Å². The molecule has 4 heterocycles. The molecule has 0 spiro atoms. The standard InChI is InChI=1S/C27H21N3O4S3/c1-15-9-11-17(12-10-15)30-24(32)21-20(18-8-5-13-35-18)23-26(36-22(21)25(30)33)29(27(34)37-23)14-19(31)28-16-6-3-2-4-7-16/h2-13,20-22H,14H2,1H3,(H,28,31)/t20-,21-,22+/m0/s1. The lowest BCUT2D eigenvalue weighted by Gasteiger charge is -2.29. The molecule has 0 bridgehead atoms. The van der Waals surface area contributed by atoms with Crippen LogP contribution >= 0.6 is 34.4 Å². The van der Waals surface area contributed by atoms with Gasteiger partial charge in [0.1, 0.15) is 11.8 Å². The Bertz CT molecular complexity index is 1560. The van der Waals surface area contributed by atoms with Crippen LogP contribution in [-0.2, 0) is 20.9 Å². The van der Waals surface area contributed by atoms with Crippen LogP contribution in [0.3, 0.4) is 0 Å². The van der Waals surface area contributed by atoms with Gasteiger partial charge in [0.05, 0.1) is 16.6 Å². The highest BCUT2D eigenvalue weighted by Crippen LogP contribution is 2.54. The van der Waals surface area contributed by atoms with E-state index < -0.39 is 17.1 Å². The smallest absolute Gasteiger partial charge is 0.308 e. The number of carbonyl (C=O) groups excluding carboxylic acids is 3. The van der Waals surface area contributed by atoms with E-state index in [1.165, 1.54) is 32.6 Å². The first-order chi connectivity index (χ1) is 17.9. The van der Waals surface area contributed by atoms with Gasteiger partial charge in [-0.3, -0.25) is 23.7 Å². The second kappa shape index (κ2) is 9.44. The molecular formula is C27H21N3O4S3. The summed E-state index contributed by atoms with van der Waals surface area (Å²) in [4.78, 5) is 56.1. The molecule has 1 fully saturated rings. The van der Waals surface area contributed by atoms with Crippen LogP contribution in [0.1, 0.15) is 21.2 Å². The third kappa shape index (κ3) is 4.14. The van der Waals surface area contributed by atoms with Crippen LogP contribution in [-0.4, -0.2) is 27.5 Å². The van der Waals surface area contributed by atoms with Gasteiger partial charge in [-0.05, 0) is 42.6 Å². The number of carbonyl (C=O) groups is 3. The van der Waals surface area contributed by atoms with Crippen LogP contribution in [0.5, 0.6) is 0 Å². The lowest BCUT2D eigenvalue weighted by atomic mass is 9.87. The summed E-state index contributed by atoms with van der Waals surface area (Å²) < 4.78 is 1.44. The first kappa shape index (κ1) is 23.9. The lowest BCUT2D eigenvalue weighted by molar-refractivity contribution is -0.122. The van der Waals surface area contributed by atoms with Gasteiger partial charge in [0, 0.05) is 21.4 Å². The molecule has 37 heavy (non-hydrogen) atoms. The van der Waals surface area contributed by atoms with Crippen molar-refractivity contribution in [3.63, 3.8) is 0 Å². The molecule has 4 aromatic rings. The van der Waals surface area contributed by atoms with Gasteiger partial charge < -0.3 is 5.32 Å². The molecule has 1 saturated heterocycles. The van der Waals surface area contributed by atoms with Crippen LogP contribution in [0, 0.1) is 12.8 Å². The number of thioether (sulfide) groups is 1. The van der Waals surface area contributed by atoms with Gasteiger partial charge in [-0.1, -0.05) is 65.1 Å². The second-order valence-electron chi connectivity index (χ2n) is 8.94. The predicted octanol–water partition coefficient (Wildman–Crippen LogP) is 4.71. The number of rotatable bonds is 5. The van der Waals surface area contributed by atoms with E-state index in [0.29, 0.717) is 16.4 Å². The van der Waals surface area contributed by atoms with Crippen molar-refractivity contribution >= 4 is 63.5 Å². The molecular weight excluding hydrogens is 527 g/mol. The highest BCUT2D eigenvalue weighted by atomic mass is 32.2. The summed E-state index contributed by atoms with van der Waals surface area (Å²) in [5.74, 6) is -1.95. The molecule has 1 N–H and O–H groups in total. The molecule has 3 atom stereocenters. The molecule has 2 aliphatic rings. The minimum absolute atomic E-state index is 0.176. The maximum absolute atomic E-state index is 13.8. The minimum atomic E-state index is -0.689. The number of benzene rings is 2. The van der Waals surface area contributed by atoms with E-state index in [-0.39, 0.29) is 29.1 Å². The van der Waals surface area contributed by atoms with Crippen molar-refractivity contribution in [1.82, 2.24) is 4.57 Å². The molecule has 0 saturated carbocycles. The Morgan fingerprint density at radius 3 is 2.41 bits per heavy atom. The quantitative estimate of drug-likeness (QED) is 0.366. The number of nitrogens with zero attached hydrogens (tertiary/aromatic N) is 2. The Balaban J connectivity index is 1.39. The van der Waals surface area contributed by atoms with Gasteiger partial charge >= 0.3 is 4.87 Å². The number of aromatic nitrogens is 1. The number of thiophene rings is 1. The highest BCUT2D eigenvalue weighted by Gasteiger charge is 2.57. The van der Waals surface area contributed by atoms with Crippen molar-refractivity contribution in [3.05, 3.63) is 97.1 Å². The third-order valence-electron chi connectivity index (χ3n) is 6.55. The zero-order valence-electron chi connectivity index (χ0n) is 19.6. The summed E-state index contributed by atoms with van der Waals surface area (Å²) in [5, 5.41) is 4.64. The zero-order valence-corrected chi connectivity index (χ0v) is 22.1. The number of thiazole rings is 1. The molecule has 6 rings (SSSR count). The Hall–Kier alpha value is -3.47. The van der Waals surface area contributed by atoms with E-state index in [1.807, 2.05) is 54.8 Å². The number of anilines is 2. The number of imide groups is 1. The topological polar surface area (TPSA) is 88.5 Å². The average molecular weight is 548 g/mol. The fourth-order valence-corrected chi connectivity index (χ4v) is 8.57. The normalized spacial score (nSPS) is 20.6. The van der Waals surface area contributed by atoms with E-state index >= 15 is 0 Å². The average Bonchev–Trinajstić information content (AvgIpc) is 3.58. The van der Waals surface area contributed by atoms with Gasteiger partial charge in [-0.25, -0.2) is 4.90 Å². The maximum Gasteiger partial charge on any atom is 0.308 e. The Morgan fingerprint density at radius 2 is 1.70 bits per heavy atom. The minimum Gasteiger partial charge on any atom is -0.325 e. The fraction of sp³-hybridized carbons (Fsp3) is 0.185. The first-order valence-corrected chi connectivity index (χ1v) is 14.2. The van der Waals surface area contributed by atoms with Crippen LogP contribution in [0.2, 0.25) is 0 Å². The molecule has 7 nitrogen and oxygen atoms in total. The highest BCUT2D eigenvalue weighted by molar-refractivity contribution is 8.00. The summed E-state index contributed by atoms with van der Waals surface area (Å²) in [7, 11) is 0. The van der Waals surface area contributed by atoms with E-state index in [0.717, 1.165) is 26.7 Å². The predicted molar refractivity (Wildman–Crippen MR) is 147 cm³/mol. The Labute approximate surface area is 224 Å². The summed E-state index contributed by atoms with van der Waals surface area (Å²) in [6.07, 6.45) is 0. The fourth-order valence-electron chi connectivity index (χ4n) is 4.84. The van der Waals surface area contributed by atoms with Crippen molar-refractivity contribution < 1.29 is 14.4 Å². The number of nitrogens with one attached hydrogen (secondary N) is 1. The summed E-state index contributed by atoms with van der Waals surface area (Å²) in [6, 6.07) is 20.2. The van der Waals surface area contributed by atoms with Gasteiger partial charge in [0.15, 0.2) is 0 Å². The van der Waals surface area contributed by atoms with Crippen molar-refractivity contribution in [2.45, 2.75) is 29.7 Å². The Kier molecular flexibility index (Phi) is 6.10. The van der Waals surface area contributed by atoms with E-state index in [4.69, 9.17) is 0 Å². The zero-order chi connectivity index (χ0) is 25.7. The molecule has 2 aliphatic heterocycles. The Morgan fingerprint density at radius 1 is 0.946 bits per heavy atom. The maximum atomic E-state index is 13.8. The van der Waals surface area contributed by atoms with Crippen molar-refractivity contribution in [2.24, 2.45) is 5.92 Å². The molecule has 0 aliphatic carbocycles. The van der Waals surface area contributed by atoms with E-state index in [9.17, 15) is 19.2 Å². The van der Waals surface area contributed by atoms with Crippen LogP contribution in [0.15, 0.2) is 81.9 Å². The van der Waals surface area contributed by atoms with Crippen molar-refractivity contribution in [3.8, 4) is 0 Å². The number of aryl methyl sites for hydroxylation is 1.